The summed E-state index contributed by atoms with van der Waals surface area (Å²) in [6.45, 7) is 1.56. The topological polar surface area (TPSA) is 71.5 Å². The lowest BCUT2D eigenvalue weighted by molar-refractivity contribution is -0.116. The molecule has 5 nitrogen and oxygen atoms in total. The minimum absolute atomic E-state index is 0.104. The van der Waals surface area contributed by atoms with Crippen LogP contribution in [0.25, 0.3) is 22.2 Å². The van der Waals surface area contributed by atoms with Crippen molar-refractivity contribution in [3.63, 3.8) is 0 Å². The second-order valence-corrected chi connectivity index (χ2v) is 4.44. The van der Waals surface area contributed by atoms with Crippen molar-refractivity contribution in [3.05, 3.63) is 42.5 Å². The van der Waals surface area contributed by atoms with Gasteiger partial charge in [0.25, 0.3) is 0 Å². The molecule has 3 heterocycles. The van der Waals surface area contributed by atoms with E-state index in [1.165, 1.54) is 0 Å². The number of aromatic nitrogens is 4. The Labute approximate surface area is 109 Å². The molecule has 0 aromatic carbocycles. The highest BCUT2D eigenvalue weighted by Gasteiger charge is 2.05. The maximum atomic E-state index is 11.1. The second kappa shape index (κ2) is 4.61. The van der Waals surface area contributed by atoms with E-state index >= 15 is 0 Å². The van der Waals surface area contributed by atoms with Crippen molar-refractivity contribution in [1.82, 2.24) is 20.2 Å². The standard InChI is InChI=1S/C14H12N4O/c1-9(19)4-12-5-10(2-3-15-12)11-6-13-14(16-7-11)8-17-18-13/h2-3,5-8H,4H2,1H3,(H,17,18). The second-order valence-electron chi connectivity index (χ2n) is 4.44. The van der Waals surface area contributed by atoms with E-state index in [1.54, 1.807) is 25.5 Å². The normalized spacial score (nSPS) is 10.8. The molecular weight excluding hydrogens is 240 g/mol. The third-order valence-electron chi connectivity index (χ3n) is 2.87. The zero-order chi connectivity index (χ0) is 13.2. The molecule has 0 atom stereocenters. The number of hydrogen-bond acceptors (Lipinski definition) is 4. The summed E-state index contributed by atoms with van der Waals surface area (Å²) in [6.07, 6.45) is 5.55. The van der Waals surface area contributed by atoms with E-state index < -0.39 is 0 Å². The average molecular weight is 252 g/mol. The number of ketones is 1. The molecule has 0 aliphatic heterocycles. The number of H-pyrrole nitrogens is 1. The van der Waals surface area contributed by atoms with E-state index in [2.05, 4.69) is 20.2 Å². The molecule has 0 saturated heterocycles. The molecule has 5 heteroatoms. The van der Waals surface area contributed by atoms with Crippen LogP contribution in [-0.2, 0) is 11.2 Å². The fraction of sp³-hybridized carbons (Fsp3) is 0.143. The Balaban J connectivity index is 2.02. The molecule has 3 aromatic rings. The Morgan fingerprint density at radius 1 is 1.21 bits per heavy atom. The van der Waals surface area contributed by atoms with Gasteiger partial charge in [-0.2, -0.15) is 5.10 Å². The first-order chi connectivity index (χ1) is 9.22. The molecule has 0 saturated carbocycles. The van der Waals surface area contributed by atoms with E-state index in [4.69, 9.17) is 0 Å². The van der Waals surface area contributed by atoms with Gasteiger partial charge in [0.05, 0.1) is 11.7 Å². The zero-order valence-corrected chi connectivity index (χ0v) is 10.4. The van der Waals surface area contributed by atoms with Crippen LogP contribution in [0.5, 0.6) is 0 Å². The Hall–Kier alpha value is -2.56. The Bertz CT molecular complexity index is 748. The lowest BCUT2D eigenvalue weighted by Crippen LogP contribution is -1.99. The molecule has 0 bridgehead atoms. The van der Waals surface area contributed by atoms with E-state index in [0.29, 0.717) is 6.42 Å². The molecule has 0 amide bonds. The summed E-state index contributed by atoms with van der Waals surface area (Å²) in [7, 11) is 0. The van der Waals surface area contributed by atoms with E-state index in [0.717, 1.165) is 27.9 Å². The van der Waals surface area contributed by atoms with Gasteiger partial charge in [0.2, 0.25) is 0 Å². The summed E-state index contributed by atoms with van der Waals surface area (Å²) in [5.74, 6) is 0.104. The number of carbonyl (C=O) groups is 1. The van der Waals surface area contributed by atoms with Crippen LogP contribution in [0.4, 0.5) is 0 Å². The Kier molecular flexibility index (Phi) is 2.79. The van der Waals surface area contributed by atoms with Gasteiger partial charge in [-0.15, -0.1) is 0 Å². The number of pyridine rings is 2. The van der Waals surface area contributed by atoms with Crippen LogP contribution in [0.3, 0.4) is 0 Å². The van der Waals surface area contributed by atoms with Gasteiger partial charge in [0.1, 0.15) is 11.3 Å². The van der Waals surface area contributed by atoms with Gasteiger partial charge in [-0.25, -0.2) is 0 Å². The van der Waals surface area contributed by atoms with Crippen molar-refractivity contribution in [3.8, 4) is 11.1 Å². The molecule has 0 unspecified atom stereocenters. The monoisotopic (exact) mass is 252 g/mol. The SMILES string of the molecule is CC(=O)Cc1cc(-c2cnc3cn[nH]c3c2)ccn1. The van der Waals surface area contributed by atoms with Crippen LogP contribution < -0.4 is 0 Å². The third-order valence-corrected chi connectivity index (χ3v) is 2.87. The predicted molar refractivity (Wildman–Crippen MR) is 71.5 cm³/mol. The third kappa shape index (κ3) is 2.35. The minimum atomic E-state index is 0.104. The molecule has 0 aliphatic carbocycles. The molecule has 0 spiro atoms. The van der Waals surface area contributed by atoms with Crippen molar-refractivity contribution >= 4 is 16.8 Å². The highest BCUT2D eigenvalue weighted by atomic mass is 16.1. The van der Waals surface area contributed by atoms with Crippen LogP contribution in [0.1, 0.15) is 12.6 Å². The van der Waals surface area contributed by atoms with Gasteiger partial charge >= 0.3 is 0 Å². The smallest absolute Gasteiger partial charge is 0.135 e. The van der Waals surface area contributed by atoms with E-state index in [1.807, 2.05) is 18.2 Å². The number of fused-ring (bicyclic) bond motifs is 1. The molecular formula is C14H12N4O. The van der Waals surface area contributed by atoms with E-state index in [-0.39, 0.29) is 5.78 Å². The van der Waals surface area contributed by atoms with Crippen LogP contribution in [-0.4, -0.2) is 25.9 Å². The fourth-order valence-corrected chi connectivity index (χ4v) is 2.00. The average Bonchev–Trinajstić information content (AvgIpc) is 2.85. The Morgan fingerprint density at radius 2 is 2.11 bits per heavy atom. The first-order valence-electron chi connectivity index (χ1n) is 5.96. The quantitative estimate of drug-likeness (QED) is 0.775. The molecule has 0 fully saturated rings. The number of nitrogens with one attached hydrogen (secondary N) is 1. The fourth-order valence-electron chi connectivity index (χ4n) is 2.00. The van der Waals surface area contributed by atoms with Crippen molar-refractivity contribution in [2.45, 2.75) is 13.3 Å². The molecule has 3 aromatic heterocycles. The van der Waals surface area contributed by atoms with Crippen molar-refractivity contribution in [2.24, 2.45) is 0 Å². The number of Topliss-reactive ketones (excluding diaryl/α,β-unsaturated/α-hetero) is 1. The zero-order valence-electron chi connectivity index (χ0n) is 10.4. The summed E-state index contributed by atoms with van der Waals surface area (Å²) in [5.41, 5.74) is 4.47. The maximum absolute atomic E-state index is 11.1. The summed E-state index contributed by atoms with van der Waals surface area (Å²) >= 11 is 0. The highest BCUT2D eigenvalue weighted by Crippen LogP contribution is 2.21. The molecule has 19 heavy (non-hydrogen) atoms. The summed E-state index contributed by atoms with van der Waals surface area (Å²) in [6, 6.07) is 5.81. The van der Waals surface area contributed by atoms with Crippen LogP contribution in [0, 0.1) is 0 Å². The van der Waals surface area contributed by atoms with Crippen LogP contribution >= 0.6 is 0 Å². The largest absolute Gasteiger partial charge is 0.300 e. The first-order valence-corrected chi connectivity index (χ1v) is 5.96. The molecule has 0 radical (unpaired) electrons. The van der Waals surface area contributed by atoms with Crippen LogP contribution in [0.2, 0.25) is 0 Å². The number of nitrogens with zero attached hydrogens (tertiary/aromatic N) is 3. The van der Waals surface area contributed by atoms with Gasteiger partial charge in [0.15, 0.2) is 0 Å². The maximum Gasteiger partial charge on any atom is 0.135 e. The number of carbonyl (C=O) groups excluding carboxylic acids is 1. The van der Waals surface area contributed by atoms with Crippen molar-refractivity contribution in [2.75, 3.05) is 0 Å². The first kappa shape index (κ1) is 11.5. The van der Waals surface area contributed by atoms with Gasteiger partial charge in [-0.3, -0.25) is 19.9 Å². The van der Waals surface area contributed by atoms with E-state index in [9.17, 15) is 4.79 Å². The van der Waals surface area contributed by atoms with Gasteiger partial charge in [-0.1, -0.05) is 0 Å². The molecule has 3 rings (SSSR count). The lowest BCUT2D eigenvalue weighted by atomic mass is 10.1. The number of aromatic amines is 1. The number of hydrogen-bond donors (Lipinski definition) is 1. The summed E-state index contributed by atoms with van der Waals surface area (Å²) in [4.78, 5) is 19.7. The van der Waals surface area contributed by atoms with Crippen molar-refractivity contribution < 1.29 is 4.79 Å². The van der Waals surface area contributed by atoms with Gasteiger partial charge < -0.3 is 0 Å². The minimum Gasteiger partial charge on any atom is -0.300 e. The summed E-state index contributed by atoms with van der Waals surface area (Å²) < 4.78 is 0. The lowest BCUT2D eigenvalue weighted by Gasteiger charge is -2.03. The molecule has 94 valence electrons. The summed E-state index contributed by atoms with van der Waals surface area (Å²) in [5, 5.41) is 6.84. The number of rotatable bonds is 3. The molecule has 0 aliphatic rings. The Morgan fingerprint density at radius 3 is 2.95 bits per heavy atom. The van der Waals surface area contributed by atoms with Crippen LogP contribution in [0.15, 0.2) is 36.8 Å². The highest BCUT2D eigenvalue weighted by molar-refractivity contribution is 5.80. The predicted octanol–water partition coefficient (Wildman–Crippen LogP) is 2.15. The van der Waals surface area contributed by atoms with Gasteiger partial charge in [0, 0.05) is 30.1 Å². The van der Waals surface area contributed by atoms with Gasteiger partial charge in [-0.05, 0) is 30.7 Å². The molecule has 1 N–H and O–H groups in total. The van der Waals surface area contributed by atoms with Crippen molar-refractivity contribution in [1.29, 1.82) is 0 Å².